The molecule has 1 aromatic carbocycles. The topological polar surface area (TPSA) is 49.5 Å². The Kier molecular flexibility index (Phi) is 3.75. The molecule has 3 nitrogen and oxygen atoms in total. The van der Waals surface area contributed by atoms with Crippen molar-refractivity contribution < 1.29 is 9.50 Å². The number of rotatable bonds is 3. The van der Waals surface area contributed by atoms with Crippen molar-refractivity contribution in [3.8, 4) is 0 Å². The van der Waals surface area contributed by atoms with Crippen molar-refractivity contribution in [2.75, 3.05) is 0 Å². The van der Waals surface area contributed by atoms with Crippen LogP contribution in [0.4, 0.5) is 4.39 Å². The smallest absolute Gasteiger partial charge is 0.123 e. The number of aliphatic hydroxyl groups is 1. The fourth-order valence-corrected chi connectivity index (χ4v) is 3.81. The molecule has 0 amide bonds. The lowest BCUT2D eigenvalue weighted by atomic mass is 9.98. The van der Waals surface area contributed by atoms with Crippen LogP contribution >= 0.6 is 12.2 Å². The van der Waals surface area contributed by atoms with Gasteiger partial charge in [0.05, 0.1) is 6.10 Å². The molecule has 0 saturated carbocycles. The Morgan fingerprint density at radius 2 is 2.00 bits per heavy atom. The highest BCUT2D eigenvalue weighted by molar-refractivity contribution is 7.80. The Bertz CT molecular complexity index is 523. The van der Waals surface area contributed by atoms with Gasteiger partial charge < -0.3 is 10.8 Å². The lowest BCUT2D eigenvalue weighted by molar-refractivity contribution is 0.0310. The molecule has 1 aromatic rings. The lowest BCUT2D eigenvalue weighted by Gasteiger charge is -2.37. The van der Waals surface area contributed by atoms with E-state index in [1.54, 1.807) is 6.07 Å². The predicted octanol–water partition coefficient (Wildman–Crippen LogP) is 1.95. The Balaban J connectivity index is 1.84. The molecule has 2 unspecified atom stereocenters. The van der Waals surface area contributed by atoms with Crippen molar-refractivity contribution in [1.29, 1.82) is 0 Å². The molecule has 0 aromatic heterocycles. The van der Waals surface area contributed by atoms with E-state index in [0.29, 0.717) is 17.6 Å². The number of benzene rings is 1. The zero-order valence-corrected chi connectivity index (χ0v) is 12.1. The van der Waals surface area contributed by atoms with E-state index in [1.807, 2.05) is 0 Å². The van der Waals surface area contributed by atoms with Crippen LogP contribution in [0.2, 0.25) is 0 Å². The molecule has 2 aliphatic heterocycles. The summed E-state index contributed by atoms with van der Waals surface area (Å²) in [4.78, 5) is 2.66. The third-order valence-corrected chi connectivity index (χ3v) is 4.77. The van der Waals surface area contributed by atoms with Crippen LogP contribution in [-0.4, -0.2) is 33.2 Å². The van der Waals surface area contributed by atoms with E-state index < -0.39 is 0 Å². The molecule has 0 aliphatic carbocycles. The molecule has 2 fully saturated rings. The summed E-state index contributed by atoms with van der Waals surface area (Å²) in [5, 5.41) is 9.84. The molecule has 3 N–H and O–H groups in total. The highest BCUT2D eigenvalue weighted by Gasteiger charge is 2.40. The van der Waals surface area contributed by atoms with Gasteiger partial charge in [0.2, 0.25) is 0 Å². The fourth-order valence-electron chi connectivity index (χ4n) is 3.62. The zero-order chi connectivity index (χ0) is 14.3. The van der Waals surface area contributed by atoms with Gasteiger partial charge in [-0.1, -0.05) is 18.3 Å². The third-order valence-electron chi connectivity index (χ3n) is 4.55. The minimum atomic E-state index is -0.311. The standard InChI is InChI=1S/C15H19FN2OS/c16-10-2-1-9(14(5-10)15(17)20)8-18-11-3-4-12(18)7-13(19)6-11/h1-2,5,11-13,19H,3-4,6-8H2,(H2,17,20). The summed E-state index contributed by atoms with van der Waals surface area (Å²) < 4.78 is 13.3. The summed E-state index contributed by atoms with van der Waals surface area (Å²) in [6, 6.07) is 5.49. The maximum Gasteiger partial charge on any atom is 0.123 e. The van der Waals surface area contributed by atoms with Gasteiger partial charge >= 0.3 is 0 Å². The molecular formula is C15H19FN2OS. The molecular weight excluding hydrogens is 275 g/mol. The summed E-state index contributed by atoms with van der Waals surface area (Å²) in [6.07, 6.45) is 3.75. The first kappa shape index (κ1) is 13.9. The van der Waals surface area contributed by atoms with Crippen molar-refractivity contribution in [2.24, 2.45) is 5.73 Å². The quantitative estimate of drug-likeness (QED) is 0.837. The van der Waals surface area contributed by atoms with Crippen LogP contribution in [0, 0.1) is 5.82 Å². The van der Waals surface area contributed by atoms with Gasteiger partial charge in [-0.15, -0.1) is 0 Å². The molecule has 3 rings (SSSR count). The molecule has 108 valence electrons. The Labute approximate surface area is 123 Å². The molecule has 2 atom stereocenters. The third kappa shape index (κ3) is 2.57. The van der Waals surface area contributed by atoms with Crippen LogP contribution in [0.15, 0.2) is 18.2 Å². The average molecular weight is 294 g/mol. The number of nitrogens with zero attached hydrogens (tertiary/aromatic N) is 1. The summed E-state index contributed by atoms with van der Waals surface area (Å²) in [6.45, 7) is 0.731. The number of nitrogens with two attached hydrogens (primary N) is 1. The summed E-state index contributed by atoms with van der Waals surface area (Å²) in [7, 11) is 0. The predicted molar refractivity (Wildman–Crippen MR) is 79.9 cm³/mol. The fraction of sp³-hybridized carbons (Fsp3) is 0.533. The van der Waals surface area contributed by atoms with E-state index >= 15 is 0 Å². The van der Waals surface area contributed by atoms with Gasteiger partial charge in [0.15, 0.2) is 0 Å². The van der Waals surface area contributed by atoms with Gasteiger partial charge in [-0.3, -0.25) is 4.90 Å². The molecule has 5 heteroatoms. The van der Waals surface area contributed by atoms with E-state index in [9.17, 15) is 9.50 Å². The molecule has 2 aliphatic rings. The molecule has 2 heterocycles. The Morgan fingerprint density at radius 3 is 2.60 bits per heavy atom. The van der Waals surface area contributed by atoms with Gasteiger partial charge in [-0.05, 0) is 43.4 Å². The minimum Gasteiger partial charge on any atom is -0.393 e. The summed E-state index contributed by atoms with van der Waals surface area (Å²) in [5.41, 5.74) is 7.31. The van der Waals surface area contributed by atoms with Crippen LogP contribution in [0.5, 0.6) is 0 Å². The molecule has 2 bridgehead atoms. The van der Waals surface area contributed by atoms with Crippen molar-refractivity contribution in [3.63, 3.8) is 0 Å². The van der Waals surface area contributed by atoms with Crippen molar-refractivity contribution in [2.45, 2.75) is 50.4 Å². The van der Waals surface area contributed by atoms with Gasteiger partial charge in [0.1, 0.15) is 10.8 Å². The van der Waals surface area contributed by atoms with Gasteiger partial charge in [-0.25, -0.2) is 4.39 Å². The molecule has 0 radical (unpaired) electrons. The van der Waals surface area contributed by atoms with Crippen LogP contribution in [0.3, 0.4) is 0 Å². The summed E-state index contributed by atoms with van der Waals surface area (Å²) >= 11 is 5.02. The number of hydrogen-bond acceptors (Lipinski definition) is 3. The normalized spacial score (nSPS) is 29.6. The zero-order valence-electron chi connectivity index (χ0n) is 11.3. The lowest BCUT2D eigenvalue weighted by Crippen LogP contribution is -2.44. The number of piperidine rings is 1. The van der Waals surface area contributed by atoms with Gasteiger partial charge in [-0.2, -0.15) is 0 Å². The molecule has 2 saturated heterocycles. The maximum absolute atomic E-state index is 13.3. The Morgan fingerprint density at radius 1 is 1.35 bits per heavy atom. The van der Waals surface area contributed by atoms with E-state index in [1.165, 1.54) is 12.1 Å². The van der Waals surface area contributed by atoms with E-state index in [-0.39, 0.29) is 16.9 Å². The number of aliphatic hydroxyl groups excluding tert-OH is 1. The number of halogens is 1. The molecule has 20 heavy (non-hydrogen) atoms. The first-order valence-electron chi connectivity index (χ1n) is 7.06. The largest absolute Gasteiger partial charge is 0.393 e. The second kappa shape index (κ2) is 5.39. The van der Waals surface area contributed by atoms with Crippen molar-refractivity contribution in [1.82, 2.24) is 4.90 Å². The SMILES string of the molecule is NC(=S)c1cc(F)ccc1CN1C2CCC1CC(O)C2. The number of fused-ring (bicyclic) bond motifs is 2. The Hall–Kier alpha value is -1.04. The first-order valence-corrected chi connectivity index (χ1v) is 7.47. The maximum atomic E-state index is 13.3. The van der Waals surface area contributed by atoms with Crippen LogP contribution in [0.25, 0.3) is 0 Å². The van der Waals surface area contributed by atoms with Gasteiger partial charge in [0, 0.05) is 24.2 Å². The highest BCUT2D eigenvalue weighted by atomic mass is 32.1. The van der Waals surface area contributed by atoms with Crippen LogP contribution in [-0.2, 0) is 6.54 Å². The van der Waals surface area contributed by atoms with Crippen molar-refractivity contribution in [3.05, 3.63) is 35.1 Å². The van der Waals surface area contributed by atoms with E-state index in [4.69, 9.17) is 18.0 Å². The van der Waals surface area contributed by atoms with E-state index in [0.717, 1.165) is 37.8 Å². The summed E-state index contributed by atoms with van der Waals surface area (Å²) in [5.74, 6) is -0.311. The first-order chi connectivity index (χ1) is 9.54. The van der Waals surface area contributed by atoms with E-state index in [2.05, 4.69) is 4.90 Å². The van der Waals surface area contributed by atoms with Gasteiger partial charge in [0.25, 0.3) is 0 Å². The molecule has 0 spiro atoms. The van der Waals surface area contributed by atoms with Crippen LogP contribution in [0.1, 0.15) is 36.8 Å². The second-order valence-electron chi connectivity index (χ2n) is 5.85. The highest BCUT2D eigenvalue weighted by Crippen LogP contribution is 2.37. The monoisotopic (exact) mass is 294 g/mol. The average Bonchev–Trinajstić information content (AvgIpc) is 2.63. The van der Waals surface area contributed by atoms with Crippen LogP contribution < -0.4 is 5.73 Å². The number of thiocarbonyl (C=S) groups is 1. The minimum absolute atomic E-state index is 0.174. The number of hydrogen-bond donors (Lipinski definition) is 2. The van der Waals surface area contributed by atoms with Crippen molar-refractivity contribution >= 4 is 17.2 Å². The second-order valence-corrected chi connectivity index (χ2v) is 6.29.